The molecule has 0 spiro atoms. The molecule has 0 aliphatic heterocycles. The molecular formula is C137H137I10NOS. The molecule has 0 saturated carbocycles. The normalized spacial score (nSPS) is 18.8. The minimum absolute atomic E-state index is 1.03. The molecule has 6 aromatic rings. The monoisotopic (exact) mass is 3110 g/mol. The van der Waals surface area contributed by atoms with Crippen molar-refractivity contribution in [2.45, 2.75) is 116 Å². The highest BCUT2D eigenvalue weighted by Crippen LogP contribution is 2.49. The number of benzene rings is 6. The fourth-order valence-electron chi connectivity index (χ4n) is 18.5. The van der Waals surface area contributed by atoms with E-state index in [9.17, 15) is 0 Å². The van der Waals surface area contributed by atoms with Crippen LogP contribution in [0.25, 0.3) is 44.6 Å². The van der Waals surface area contributed by atoms with Gasteiger partial charge in [-0.3, -0.25) is 0 Å². The van der Waals surface area contributed by atoms with Crippen LogP contribution in [-0.2, 0) is 4.74 Å². The summed E-state index contributed by atoms with van der Waals surface area (Å²) in [6.07, 6.45) is 91.0. The van der Waals surface area contributed by atoms with Gasteiger partial charge in [-0.25, -0.2) is 0 Å². The van der Waals surface area contributed by atoms with Gasteiger partial charge in [0.2, 0.25) is 0 Å². The molecule has 10 aliphatic carbocycles. The lowest BCUT2D eigenvalue weighted by Crippen LogP contribution is -2.14. The fourth-order valence-corrected chi connectivity index (χ4v) is 23.7. The van der Waals surface area contributed by atoms with Crippen LogP contribution in [0.1, 0.15) is 160 Å². The van der Waals surface area contributed by atoms with Gasteiger partial charge < -0.3 is 10.1 Å². The summed E-state index contributed by atoms with van der Waals surface area (Å²) in [5.74, 6) is 1.03. The van der Waals surface area contributed by atoms with Gasteiger partial charge in [-0.2, -0.15) is 0 Å². The van der Waals surface area contributed by atoms with Gasteiger partial charge in [-0.1, -0.05) is 638 Å². The van der Waals surface area contributed by atoms with Gasteiger partial charge in [0.1, 0.15) is 5.76 Å². The highest BCUT2D eigenvalue weighted by atomic mass is 127. The molecule has 0 unspecified atom stereocenters. The van der Waals surface area contributed by atoms with Crippen molar-refractivity contribution < 1.29 is 4.74 Å². The molecule has 0 saturated heterocycles. The molecule has 10 aliphatic rings. The van der Waals surface area contributed by atoms with Crippen molar-refractivity contribution in [3.63, 3.8) is 0 Å². The molecule has 0 radical (unpaired) electrons. The van der Waals surface area contributed by atoms with Gasteiger partial charge in [-0.15, -0.1) is 11.8 Å². The molecule has 16 rings (SSSR count). The van der Waals surface area contributed by atoms with Crippen LogP contribution < -0.4 is 5.32 Å². The number of methoxy groups -OCH3 is 1. The van der Waals surface area contributed by atoms with Crippen LogP contribution in [0.4, 0.5) is 0 Å². The van der Waals surface area contributed by atoms with Crippen molar-refractivity contribution in [2.24, 2.45) is 0 Å². The minimum atomic E-state index is 1.03. The molecule has 150 heavy (non-hydrogen) atoms. The second kappa shape index (κ2) is 77.5. The topological polar surface area (TPSA) is 21.3 Å². The van der Waals surface area contributed by atoms with Crippen molar-refractivity contribution in [2.75, 3.05) is 20.4 Å². The van der Waals surface area contributed by atoms with Crippen LogP contribution in [0.3, 0.4) is 0 Å². The van der Waals surface area contributed by atoms with Crippen molar-refractivity contribution >= 4 is 282 Å². The van der Waals surface area contributed by atoms with Gasteiger partial charge in [0.05, 0.1) is 7.11 Å². The molecule has 1 N–H and O–H groups in total. The Kier molecular flexibility index (Phi) is 66.7. The number of rotatable bonds is 27. The zero-order chi connectivity index (χ0) is 108. The summed E-state index contributed by atoms with van der Waals surface area (Å²) in [4.78, 5) is 1.45. The zero-order valence-electron chi connectivity index (χ0n) is 86.4. The third kappa shape index (κ3) is 42.0. The standard InChI is InChI=1S/C20H15I.C17H17I.C16H15I.C15H13I.C14H11I.C12H16IN.C12H15IO.C12H15IS.C10H11I.C9H9I/c1-2-8-18-16-11-6-7-12-17(16)19(13-14-21)20(18)15-9-4-3-5-10-15;1-2-7-14-10-6-11-16(12-13-18)17(14)15-8-4-3-5-9-15;1-2-6-13-9-10-15(11-12-17)16(13)14-7-4-3-5-8-14;1-2-6-13-11-14(9-10-16)15(13)12-7-4-3-5-8-12;1-2-5-11-10-12(8-9-15)14-7-4-3-6-13(11)14;3*1-3-5-10-6-4-7-11(8-9-13)12(10)14-2;1-2-3-9-4-5-10(8-9)6-7-11;1-2-3-8-6-9(7-8)4-5-10/h2-14H,1H2;2-5,7-9,12-13H,1,6,10-11H2;2-8,11-12H,1,9-10H2;2-10H,1,11H2;2-10H,1H2;3,5,8-9,14H,1,4,6-7H2,2H3;2*3,5,8-9H,1,4,6-7H2,2H3;2-3,6-8H,1,4-5H2;2-6H,1,7H2/b14-13+,18-8+;13-12+,14-7+;12-11+,13-6+;10-9+,13-6+;9-8+,11-5-;3*9-8+,10-5+;7-6+,9-3+;5-4+,8-3-. The Hall–Kier alpha value is -7.83. The van der Waals surface area contributed by atoms with E-state index in [4.69, 9.17) is 4.74 Å². The minimum Gasteiger partial charge on any atom is -0.496 e. The second-order valence-electron chi connectivity index (χ2n) is 34.2. The van der Waals surface area contributed by atoms with Crippen molar-refractivity contribution in [3.8, 4) is 0 Å². The smallest absolute Gasteiger partial charge is 0.125 e. The summed E-state index contributed by atoms with van der Waals surface area (Å²) in [6.45, 7) is 37.6. The van der Waals surface area contributed by atoms with Crippen LogP contribution in [-0.4, -0.2) is 20.4 Å². The maximum Gasteiger partial charge on any atom is 0.125 e. The van der Waals surface area contributed by atoms with E-state index in [1.165, 1.54) is 247 Å². The Labute approximate surface area is 1040 Å². The molecular weight excluding hydrogens is 2980 g/mol. The number of nitrogens with one attached hydrogen (secondary N) is 1. The molecule has 772 valence electrons. The maximum absolute atomic E-state index is 5.43. The van der Waals surface area contributed by atoms with Gasteiger partial charge in [0, 0.05) is 17.6 Å². The molecule has 6 aromatic carbocycles. The summed E-state index contributed by atoms with van der Waals surface area (Å²) < 4.78 is 26.1. The first kappa shape index (κ1) is 129. The SMILES string of the molecule is C=C/C=C1/C(c2ccccc2)=C(/C=C/I)c2ccccc21.C=C/C=C1/C=C(/C=C/I)c2ccccc21.C=C/C=C1C=C(/C=C/I)C/1.C=C/C=C1C=C(/C=C/I)CC/1.C=C/C=C1\CC(/C=C/I)=C1c1ccccc1.C=C/C=C1\CCC(/C=C/I)=C1c1ccccc1.C=C/C=C1\CCCC(/C=C/I)=C1NC.C=C/C=C1\CCCC(/C=C/I)=C1OC.C=C/C=C1\CCCC(/C=C/I)=C1SC.C=C/C=C1\CCCC(/C=C/I)=C1c1ccccc1. The first-order valence-electron chi connectivity index (χ1n) is 49.9. The first-order valence-corrected chi connectivity index (χ1v) is 63.5. The number of thioether (sulfide) groups is 1. The zero-order valence-corrected chi connectivity index (χ0v) is 109. The quantitative estimate of drug-likeness (QED) is 0.0520. The highest BCUT2D eigenvalue weighted by molar-refractivity contribution is 14.1. The fraction of sp³-hybridized carbons (Fsp3) is 0.153. The van der Waals surface area contributed by atoms with E-state index in [2.05, 4.69) is 617 Å². The Bertz CT molecular complexity index is 6520. The average molecular weight is 3110 g/mol. The first-order chi connectivity index (χ1) is 73.5. The molecule has 0 heterocycles. The van der Waals surface area contributed by atoms with E-state index < -0.39 is 0 Å². The van der Waals surface area contributed by atoms with Gasteiger partial charge >= 0.3 is 0 Å². The number of hydrogen-bond donors (Lipinski definition) is 1. The lowest BCUT2D eigenvalue weighted by Gasteiger charge is -2.26. The van der Waals surface area contributed by atoms with Gasteiger partial charge in [0.15, 0.2) is 0 Å². The van der Waals surface area contributed by atoms with Crippen molar-refractivity contribution in [1.82, 2.24) is 5.32 Å². The molecule has 0 aromatic heterocycles. The third-order valence-corrected chi connectivity index (χ3v) is 29.3. The Morgan fingerprint density at radius 3 is 1.15 bits per heavy atom. The second-order valence-corrected chi connectivity index (χ2v) is 42.2. The maximum atomic E-state index is 5.43. The van der Waals surface area contributed by atoms with Gasteiger partial charge in [0.25, 0.3) is 0 Å². The molecule has 0 bridgehead atoms. The van der Waals surface area contributed by atoms with E-state index in [0.717, 1.165) is 63.5 Å². The number of ether oxygens (including phenoxy) is 1. The van der Waals surface area contributed by atoms with Crippen molar-refractivity contribution in [3.05, 3.63) is 627 Å². The molecule has 0 amide bonds. The summed E-state index contributed by atoms with van der Waals surface area (Å²) in [5, 5.41) is 3.28. The van der Waals surface area contributed by atoms with E-state index in [1.807, 2.05) is 116 Å². The summed E-state index contributed by atoms with van der Waals surface area (Å²) in [7, 11) is 3.72. The number of likely N-dealkylation sites (N-methyl/N-ethyl adjacent to an activating group) is 1. The average Bonchev–Trinajstić information content (AvgIpc) is 1.62. The number of fused-ring (bicyclic) bond motifs is 2. The number of hydrogen-bond acceptors (Lipinski definition) is 3. The summed E-state index contributed by atoms with van der Waals surface area (Å²) in [6, 6.07) is 59.4. The van der Waals surface area contributed by atoms with Crippen LogP contribution >= 0.6 is 238 Å². The van der Waals surface area contributed by atoms with Crippen LogP contribution in [0, 0.1) is 0 Å². The van der Waals surface area contributed by atoms with E-state index in [1.54, 1.807) is 7.11 Å². The van der Waals surface area contributed by atoms with Gasteiger partial charge in [-0.05, 0) is 365 Å². The van der Waals surface area contributed by atoms with Crippen LogP contribution in [0.5, 0.6) is 0 Å². The molecule has 0 atom stereocenters. The number of halogens is 10. The lowest BCUT2D eigenvalue weighted by atomic mass is 9.78. The Balaban J connectivity index is 0.000000227. The van der Waals surface area contributed by atoms with E-state index in [0.29, 0.717) is 0 Å². The summed E-state index contributed by atoms with van der Waals surface area (Å²) >= 11 is 24.5. The van der Waals surface area contributed by atoms with Crippen molar-refractivity contribution in [1.29, 1.82) is 0 Å². The predicted molar refractivity (Wildman–Crippen MR) is 758 cm³/mol. The molecule has 0 fully saturated rings. The largest absolute Gasteiger partial charge is 0.496 e. The molecule has 13 heteroatoms. The lowest BCUT2D eigenvalue weighted by molar-refractivity contribution is 0.289. The highest BCUT2D eigenvalue weighted by Gasteiger charge is 2.28. The molecule has 2 nitrogen and oxygen atoms in total. The Morgan fingerprint density at radius 2 is 0.653 bits per heavy atom. The van der Waals surface area contributed by atoms with E-state index >= 15 is 0 Å². The van der Waals surface area contributed by atoms with Crippen LogP contribution in [0.2, 0.25) is 0 Å². The predicted octanol–water partition coefficient (Wildman–Crippen LogP) is 46.4. The number of allylic oxidation sites excluding steroid dienone is 57. The Morgan fingerprint density at radius 1 is 0.280 bits per heavy atom. The van der Waals surface area contributed by atoms with Crippen LogP contribution in [0.15, 0.2) is 583 Å². The third-order valence-electron chi connectivity index (χ3n) is 24.8. The summed E-state index contributed by atoms with van der Waals surface area (Å²) in [5.41, 5.74) is 44.4. The van der Waals surface area contributed by atoms with E-state index in [-0.39, 0.29) is 0 Å².